The molecule has 2 aromatic rings. The van der Waals surface area contributed by atoms with E-state index in [0.717, 1.165) is 43.0 Å². The van der Waals surface area contributed by atoms with Gasteiger partial charge >= 0.3 is 0 Å². The molecule has 1 aliphatic heterocycles. The van der Waals surface area contributed by atoms with Crippen LogP contribution in [0.2, 0.25) is 0 Å². The number of methoxy groups -OCH3 is 1. The molecule has 5 heteroatoms. The van der Waals surface area contributed by atoms with E-state index in [1.54, 1.807) is 7.11 Å². The van der Waals surface area contributed by atoms with Crippen LogP contribution in [0.5, 0.6) is 11.5 Å². The second-order valence-electron chi connectivity index (χ2n) is 7.20. The van der Waals surface area contributed by atoms with E-state index in [0.29, 0.717) is 12.8 Å². The van der Waals surface area contributed by atoms with Crippen molar-refractivity contribution in [2.24, 2.45) is 11.1 Å². The number of piperidine rings is 1. The summed E-state index contributed by atoms with van der Waals surface area (Å²) in [4.78, 5) is 12.3. The summed E-state index contributed by atoms with van der Waals surface area (Å²) in [6.07, 6.45) is 2.69. The number of para-hydroxylation sites is 1. The Kier molecular flexibility index (Phi) is 6.35. The number of nitrogens with one attached hydrogen (secondary N) is 1. The van der Waals surface area contributed by atoms with Crippen molar-refractivity contribution < 1.29 is 14.3 Å². The fraction of sp³-hybridized carbons (Fsp3) is 0.409. The second kappa shape index (κ2) is 8.91. The molecule has 3 N–H and O–H groups in total. The summed E-state index contributed by atoms with van der Waals surface area (Å²) in [6.45, 7) is 1.62. The van der Waals surface area contributed by atoms with Gasteiger partial charge in [0, 0.05) is 6.42 Å². The Morgan fingerprint density at radius 2 is 1.74 bits per heavy atom. The van der Waals surface area contributed by atoms with Gasteiger partial charge in [-0.05, 0) is 62.2 Å². The summed E-state index contributed by atoms with van der Waals surface area (Å²) in [5.74, 6) is 1.41. The minimum Gasteiger partial charge on any atom is -0.497 e. The van der Waals surface area contributed by atoms with Crippen molar-refractivity contribution in [2.75, 3.05) is 20.2 Å². The van der Waals surface area contributed by atoms with E-state index in [1.165, 1.54) is 0 Å². The summed E-state index contributed by atoms with van der Waals surface area (Å²) in [7, 11) is 1.66. The molecule has 0 aromatic heterocycles. The monoisotopic (exact) mass is 368 g/mol. The number of nitrogens with two attached hydrogens (primary N) is 1. The third-order valence-electron chi connectivity index (χ3n) is 5.37. The molecule has 1 aliphatic rings. The molecule has 0 bridgehead atoms. The molecule has 5 nitrogen and oxygen atoms in total. The maximum atomic E-state index is 12.3. The van der Waals surface area contributed by atoms with E-state index in [2.05, 4.69) is 5.32 Å². The Morgan fingerprint density at radius 1 is 1.07 bits per heavy atom. The second-order valence-corrected chi connectivity index (χ2v) is 7.20. The predicted octanol–water partition coefficient (Wildman–Crippen LogP) is 2.93. The highest BCUT2D eigenvalue weighted by Gasteiger charge is 2.40. The lowest BCUT2D eigenvalue weighted by Gasteiger charge is -2.37. The first-order valence-corrected chi connectivity index (χ1v) is 9.46. The first-order chi connectivity index (χ1) is 13.1. The minimum absolute atomic E-state index is 0.133. The van der Waals surface area contributed by atoms with Gasteiger partial charge in [-0.25, -0.2) is 0 Å². The number of amides is 1. The van der Waals surface area contributed by atoms with E-state index < -0.39 is 5.41 Å². The van der Waals surface area contributed by atoms with Crippen LogP contribution >= 0.6 is 0 Å². The maximum absolute atomic E-state index is 12.3. The SMILES string of the molecule is COc1ccc(CC(CC2(C(N)=O)CCNCC2)Oc2ccccc2)cc1. The molecule has 1 heterocycles. The van der Waals surface area contributed by atoms with Gasteiger partial charge in [-0.15, -0.1) is 0 Å². The molecule has 0 spiro atoms. The van der Waals surface area contributed by atoms with Crippen LogP contribution in [0.1, 0.15) is 24.8 Å². The highest BCUT2D eigenvalue weighted by molar-refractivity contribution is 5.81. The third kappa shape index (κ3) is 5.01. The molecule has 1 amide bonds. The fourth-order valence-corrected chi connectivity index (χ4v) is 3.76. The lowest BCUT2D eigenvalue weighted by Crippen LogP contribution is -2.48. The van der Waals surface area contributed by atoms with Crippen molar-refractivity contribution in [3.05, 3.63) is 60.2 Å². The van der Waals surface area contributed by atoms with Crippen LogP contribution in [-0.2, 0) is 11.2 Å². The number of ether oxygens (including phenoxy) is 2. The summed E-state index contributed by atoms with van der Waals surface area (Å²) < 4.78 is 11.5. The van der Waals surface area contributed by atoms with E-state index >= 15 is 0 Å². The van der Waals surface area contributed by atoms with Crippen LogP contribution in [0.4, 0.5) is 0 Å². The van der Waals surface area contributed by atoms with Gasteiger partial charge in [0.15, 0.2) is 0 Å². The van der Waals surface area contributed by atoms with Crippen LogP contribution in [0.15, 0.2) is 54.6 Å². The number of primary amides is 1. The average molecular weight is 368 g/mol. The summed E-state index contributed by atoms with van der Waals surface area (Å²) in [6, 6.07) is 17.7. The zero-order valence-corrected chi connectivity index (χ0v) is 15.8. The fourth-order valence-electron chi connectivity index (χ4n) is 3.76. The molecular weight excluding hydrogens is 340 g/mol. The molecule has 1 atom stereocenters. The number of benzene rings is 2. The van der Waals surface area contributed by atoms with Gasteiger partial charge in [-0.1, -0.05) is 30.3 Å². The number of carbonyl (C=O) groups excluding carboxylic acids is 1. The average Bonchev–Trinajstić information content (AvgIpc) is 2.70. The van der Waals surface area contributed by atoms with Crippen LogP contribution in [-0.4, -0.2) is 32.2 Å². The quantitative estimate of drug-likeness (QED) is 0.751. The van der Waals surface area contributed by atoms with Crippen molar-refractivity contribution in [1.29, 1.82) is 0 Å². The third-order valence-corrected chi connectivity index (χ3v) is 5.37. The Hall–Kier alpha value is -2.53. The van der Waals surface area contributed by atoms with E-state index in [1.807, 2.05) is 54.6 Å². The summed E-state index contributed by atoms with van der Waals surface area (Å²) >= 11 is 0. The molecule has 0 radical (unpaired) electrons. The van der Waals surface area contributed by atoms with Gasteiger partial charge in [-0.2, -0.15) is 0 Å². The molecule has 0 aliphatic carbocycles. The zero-order valence-electron chi connectivity index (χ0n) is 15.8. The molecule has 1 unspecified atom stereocenters. The Morgan fingerprint density at radius 3 is 2.33 bits per heavy atom. The van der Waals surface area contributed by atoms with Crippen molar-refractivity contribution in [3.8, 4) is 11.5 Å². The zero-order chi connectivity index (χ0) is 19.1. The molecule has 3 rings (SSSR count). The highest BCUT2D eigenvalue weighted by Crippen LogP contribution is 2.35. The number of hydrogen-bond acceptors (Lipinski definition) is 4. The minimum atomic E-state index is -0.517. The van der Waals surface area contributed by atoms with Gasteiger partial charge in [0.2, 0.25) is 5.91 Å². The van der Waals surface area contributed by atoms with Crippen molar-refractivity contribution in [2.45, 2.75) is 31.8 Å². The maximum Gasteiger partial charge on any atom is 0.223 e. The molecule has 2 aromatic carbocycles. The topological polar surface area (TPSA) is 73.6 Å². The number of hydrogen-bond donors (Lipinski definition) is 2. The standard InChI is InChI=1S/C22H28N2O3/c1-26-18-9-7-17(8-10-18)15-20(27-19-5-3-2-4-6-19)16-22(21(23)25)11-13-24-14-12-22/h2-10,20,24H,11-16H2,1H3,(H2,23,25). The van der Waals surface area contributed by atoms with Crippen molar-refractivity contribution in [3.63, 3.8) is 0 Å². The first kappa shape index (κ1) is 19.2. The van der Waals surface area contributed by atoms with E-state index in [-0.39, 0.29) is 12.0 Å². The Balaban J connectivity index is 1.80. The van der Waals surface area contributed by atoms with E-state index in [9.17, 15) is 4.79 Å². The lowest BCUT2D eigenvalue weighted by molar-refractivity contribution is -0.131. The highest BCUT2D eigenvalue weighted by atomic mass is 16.5. The number of carbonyl (C=O) groups is 1. The van der Waals surface area contributed by atoms with Crippen LogP contribution in [0.3, 0.4) is 0 Å². The predicted molar refractivity (Wildman–Crippen MR) is 106 cm³/mol. The smallest absolute Gasteiger partial charge is 0.223 e. The number of rotatable bonds is 8. The van der Waals surface area contributed by atoms with Gasteiger partial charge in [0.05, 0.1) is 12.5 Å². The van der Waals surface area contributed by atoms with Gasteiger partial charge in [0.1, 0.15) is 17.6 Å². The van der Waals surface area contributed by atoms with Crippen LogP contribution in [0.25, 0.3) is 0 Å². The summed E-state index contributed by atoms with van der Waals surface area (Å²) in [5.41, 5.74) is 6.46. The molecule has 1 saturated heterocycles. The van der Waals surface area contributed by atoms with Gasteiger partial charge in [0.25, 0.3) is 0 Å². The molecule has 0 saturated carbocycles. The summed E-state index contributed by atoms with van der Waals surface area (Å²) in [5, 5.41) is 3.32. The molecule has 1 fully saturated rings. The lowest BCUT2D eigenvalue weighted by atomic mass is 9.73. The van der Waals surface area contributed by atoms with E-state index in [4.69, 9.17) is 15.2 Å². The van der Waals surface area contributed by atoms with Crippen molar-refractivity contribution in [1.82, 2.24) is 5.32 Å². The van der Waals surface area contributed by atoms with Crippen LogP contribution in [0, 0.1) is 5.41 Å². The molecular formula is C22H28N2O3. The Bertz CT molecular complexity index is 725. The van der Waals surface area contributed by atoms with Gasteiger partial charge in [-0.3, -0.25) is 4.79 Å². The molecule has 27 heavy (non-hydrogen) atoms. The first-order valence-electron chi connectivity index (χ1n) is 9.46. The van der Waals surface area contributed by atoms with Crippen LogP contribution < -0.4 is 20.5 Å². The van der Waals surface area contributed by atoms with Gasteiger partial charge < -0.3 is 20.5 Å². The normalized spacial score (nSPS) is 17.1. The Labute approximate surface area is 160 Å². The van der Waals surface area contributed by atoms with Crippen molar-refractivity contribution >= 4 is 5.91 Å². The molecule has 144 valence electrons. The largest absolute Gasteiger partial charge is 0.497 e.